The van der Waals surface area contributed by atoms with E-state index < -0.39 is 37.1 Å². The minimum Gasteiger partial charge on any atom is -0.489 e. The van der Waals surface area contributed by atoms with Gasteiger partial charge in [0.2, 0.25) is 17.8 Å². The molecule has 7 aliphatic rings. The molecule has 3 saturated heterocycles. The SMILES string of the molecule is C[C@@H]1Cc2c([nH]c3ccccc23)[C@@H](c2cnc(N3CCC4(CC3)CC(CN3CCN5c6ccc7c(c6OC[C@H]5C3)CN(C3CCC(=O)NC3=O)C7=O)C4)nc2)N1CC(F)(F)CO. The molecule has 0 radical (unpaired) electrons. The number of fused-ring (bicyclic) bond motifs is 8. The summed E-state index contributed by atoms with van der Waals surface area (Å²) < 4.78 is 36.0. The molecule has 16 heteroatoms. The van der Waals surface area contributed by atoms with Crippen molar-refractivity contribution in [2.45, 2.75) is 88.5 Å². The molecule has 2 aromatic heterocycles. The lowest BCUT2D eigenvalue weighted by Gasteiger charge is -2.54. The molecule has 14 nitrogen and oxygen atoms in total. The van der Waals surface area contributed by atoms with Gasteiger partial charge < -0.3 is 29.5 Å². The van der Waals surface area contributed by atoms with Crippen LogP contribution < -0.4 is 19.9 Å². The van der Waals surface area contributed by atoms with Crippen molar-refractivity contribution in [3.8, 4) is 5.75 Å². The van der Waals surface area contributed by atoms with Crippen LogP contribution in [0.3, 0.4) is 0 Å². The number of hydrogen-bond acceptors (Lipinski definition) is 11. The van der Waals surface area contributed by atoms with Crippen LogP contribution in [0.4, 0.5) is 20.4 Å². The summed E-state index contributed by atoms with van der Waals surface area (Å²) in [7, 11) is 0. The Morgan fingerprint density at radius 1 is 0.984 bits per heavy atom. The number of anilines is 2. The van der Waals surface area contributed by atoms with E-state index in [1.807, 2.05) is 37.3 Å². The quantitative estimate of drug-likeness (QED) is 0.219. The first-order chi connectivity index (χ1) is 30.0. The molecule has 1 spiro atoms. The van der Waals surface area contributed by atoms with Crippen LogP contribution in [0, 0.1) is 11.3 Å². The zero-order valence-corrected chi connectivity index (χ0v) is 35.0. The van der Waals surface area contributed by atoms with Crippen LogP contribution in [0.2, 0.25) is 0 Å². The zero-order chi connectivity index (χ0) is 42.5. The third-order valence-corrected chi connectivity index (χ3v) is 15.1. The highest BCUT2D eigenvalue weighted by Gasteiger charge is 2.48. The van der Waals surface area contributed by atoms with Crippen molar-refractivity contribution in [3.63, 3.8) is 0 Å². The number of aliphatic hydroxyl groups excluding tert-OH is 1. The van der Waals surface area contributed by atoms with E-state index in [2.05, 4.69) is 31.1 Å². The number of alkyl halides is 2. The normalized spacial score (nSPS) is 26.5. The van der Waals surface area contributed by atoms with Crippen LogP contribution in [-0.2, 0) is 22.6 Å². The molecule has 4 atom stereocenters. The molecular weight excluding hydrogens is 797 g/mol. The van der Waals surface area contributed by atoms with Gasteiger partial charge in [-0.1, -0.05) is 18.2 Å². The average molecular weight is 850 g/mol. The number of benzene rings is 2. The molecule has 4 fully saturated rings. The van der Waals surface area contributed by atoms with E-state index in [1.165, 1.54) is 12.8 Å². The number of nitrogens with zero attached hydrogens (tertiary/aromatic N) is 7. The van der Waals surface area contributed by atoms with Crippen molar-refractivity contribution < 1.29 is 33.0 Å². The molecule has 3 amide bonds. The van der Waals surface area contributed by atoms with Crippen LogP contribution in [0.15, 0.2) is 48.8 Å². The number of amides is 3. The average Bonchev–Trinajstić information content (AvgIpc) is 3.80. The van der Waals surface area contributed by atoms with Crippen LogP contribution in [0.25, 0.3) is 10.9 Å². The molecule has 1 saturated carbocycles. The fraction of sp³-hybridized carbons (Fsp3) is 0.543. The number of piperidine rings is 2. The molecule has 62 heavy (non-hydrogen) atoms. The first kappa shape index (κ1) is 39.6. The van der Waals surface area contributed by atoms with Gasteiger partial charge >= 0.3 is 0 Å². The van der Waals surface area contributed by atoms with Crippen LogP contribution in [-0.4, -0.2) is 136 Å². The van der Waals surface area contributed by atoms with Gasteiger partial charge in [0.1, 0.15) is 25.0 Å². The van der Waals surface area contributed by atoms with Crippen molar-refractivity contribution in [3.05, 3.63) is 76.7 Å². The molecule has 326 valence electrons. The van der Waals surface area contributed by atoms with Gasteiger partial charge in [0, 0.05) is 97.4 Å². The summed E-state index contributed by atoms with van der Waals surface area (Å²) in [6.45, 7) is 6.65. The van der Waals surface area contributed by atoms with Crippen LogP contribution in [0.1, 0.15) is 84.2 Å². The number of rotatable bonds is 8. The minimum atomic E-state index is -3.24. The monoisotopic (exact) mass is 849 g/mol. The smallest absolute Gasteiger partial charge is 0.283 e. The van der Waals surface area contributed by atoms with Crippen molar-refractivity contribution in [2.75, 3.05) is 68.8 Å². The number of aromatic nitrogens is 3. The van der Waals surface area contributed by atoms with E-state index in [-0.39, 0.29) is 30.3 Å². The molecule has 2 aromatic carbocycles. The Bertz CT molecular complexity index is 2430. The third-order valence-electron chi connectivity index (χ3n) is 15.1. The highest BCUT2D eigenvalue weighted by atomic mass is 19.3. The van der Waals surface area contributed by atoms with E-state index in [4.69, 9.17) is 14.7 Å². The number of imide groups is 1. The second kappa shape index (κ2) is 15.0. The van der Waals surface area contributed by atoms with Gasteiger partial charge in [-0.05, 0) is 80.5 Å². The summed E-state index contributed by atoms with van der Waals surface area (Å²) in [6, 6.07) is 10.8. The highest BCUT2D eigenvalue weighted by Crippen LogP contribution is 2.53. The van der Waals surface area contributed by atoms with E-state index >= 15 is 0 Å². The number of aliphatic hydroxyl groups is 1. The topological polar surface area (TPSA) is 150 Å². The number of carbonyl (C=O) groups excluding carboxylic acids is 3. The Morgan fingerprint density at radius 3 is 2.55 bits per heavy atom. The van der Waals surface area contributed by atoms with Gasteiger partial charge in [-0.25, -0.2) is 18.7 Å². The van der Waals surface area contributed by atoms with Gasteiger partial charge in [0.25, 0.3) is 11.8 Å². The summed E-state index contributed by atoms with van der Waals surface area (Å²) in [5.41, 5.74) is 6.52. The Labute approximate surface area is 358 Å². The number of para-hydroxylation sites is 1. The number of aromatic amines is 1. The molecule has 8 heterocycles. The van der Waals surface area contributed by atoms with Crippen LogP contribution in [0.5, 0.6) is 5.75 Å². The fourth-order valence-electron chi connectivity index (χ4n) is 12.0. The van der Waals surface area contributed by atoms with Crippen molar-refractivity contribution >= 4 is 40.3 Å². The van der Waals surface area contributed by atoms with Crippen molar-refractivity contribution in [2.24, 2.45) is 11.3 Å². The lowest BCUT2D eigenvalue weighted by molar-refractivity contribution is -0.136. The number of nitrogens with one attached hydrogen (secondary N) is 2. The summed E-state index contributed by atoms with van der Waals surface area (Å²) >= 11 is 0. The Morgan fingerprint density at radius 2 is 1.77 bits per heavy atom. The van der Waals surface area contributed by atoms with E-state index in [9.17, 15) is 28.3 Å². The number of ether oxygens (including phenoxy) is 1. The highest BCUT2D eigenvalue weighted by molar-refractivity contribution is 6.06. The molecular formula is C46H53F2N9O5. The molecule has 4 aromatic rings. The number of carbonyl (C=O) groups is 3. The number of hydrogen-bond donors (Lipinski definition) is 3. The van der Waals surface area contributed by atoms with Gasteiger partial charge in [-0.15, -0.1) is 0 Å². The minimum absolute atomic E-state index is 0.185. The Hall–Kier alpha value is -5.19. The predicted molar refractivity (Wildman–Crippen MR) is 226 cm³/mol. The number of H-pyrrole nitrogens is 1. The lowest BCUT2D eigenvalue weighted by atomic mass is 9.57. The van der Waals surface area contributed by atoms with Gasteiger partial charge in [-0.3, -0.25) is 29.5 Å². The predicted octanol–water partition coefficient (Wildman–Crippen LogP) is 4.26. The molecule has 0 bridgehead atoms. The van der Waals surface area contributed by atoms with E-state index in [1.54, 1.807) is 22.2 Å². The first-order valence-corrected chi connectivity index (χ1v) is 22.3. The second-order valence-electron chi connectivity index (χ2n) is 19.0. The van der Waals surface area contributed by atoms with E-state index in [0.717, 1.165) is 96.8 Å². The summed E-state index contributed by atoms with van der Waals surface area (Å²) in [5.74, 6) is -2.06. The van der Waals surface area contributed by atoms with Gasteiger partial charge in [0.15, 0.2) is 0 Å². The lowest BCUT2D eigenvalue weighted by Crippen LogP contribution is -2.59. The molecule has 6 aliphatic heterocycles. The maximum atomic E-state index is 14.8. The second-order valence-corrected chi connectivity index (χ2v) is 19.0. The van der Waals surface area contributed by atoms with Gasteiger partial charge in [0.05, 0.1) is 30.9 Å². The fourth-order valence-corrected chi connectivity index (χ4v) is 12.0. The van der Waals surface area contributed by atoms with Crippen LogP contribution >= 0.6 is 0 Å². The molecule has 11 rings (SSSR count). The summed E-state index contributed by atoms with van der Waals surface area (Å²) in [5, 5.41) is 13.0. The van der Waals surface area contributed by atoms with E-state index in [0.29, 0.717) is 48.8 Å². The van der Waals surface area contributed by atoms with Gasteiger partial charge in [-0.2, -0.15) is 0 Å². The first-order valence-electron chi connectivity index (χ1n) is 22.3. The molecule has 1 unspecified atom stereocenters. The summed E-state index contributed by atoms with van der Waals surface area (Å²) in [6.07, 6.45) is 9.40. The zero-order valence-electron chi connectivity index (χ0n) is 35.0. The molecule has 3 N–H and O–H groups in total. The maximum absolute atomic E-state index is 14.8. The largest absolute Gasteiger partial charge is 0.489 e. The standard InChI is InChI=1S/C46H53F2N9O5/c1-27-16-33-31-4-2-3-5-35(31)51-39(33)40(57(27)25-46(47,48)26-58)29-19-49-44(50-20-29)54-12-10-45(11-13-54)17-28(18-45)21-53-14-15-55-30(22-53)24-62-41-34-23-56(37-8-9-38(59)52-42(37)60)43(61)32(34)6-7-36(41)55/h2-7,19-20,27-28,30,37,40,51,58H,8-18,21-26H2,1H3,(H,52,59,60)/t27-,30-,37?,40-/m1/s1. The summed E-state index contributed by atoms with van der Waals surface area (Å²) in [4.78, 5) is 61.6. The molecule has 1 aliphatic carbocycles. The van der Waals surface area contributed by atoms with Crippen molar-refractivity contribution in [1.82, 2.24) is 35.0 Å². The maximum Gasteiger partial charge on any atom is 0.283 e. The third kappa shape index (κ3) is 6.71. The number of piperazine rings is 1. The van der Waals surface area contributed by atoms with Crippen molar-refractivity contribution in [1.29, 1.82) is 0 Å². The Kier molecular flexibility index (Phi) is 9.58. The Balaban J connectivity index is 0.696. The number of halogens is 2.